The summed E-state index contributed by atoms with van der Waals surface area (Å²) < 4.78 is 2.61. The number of rotatable bonds is 30. The molecule has 230 valence electrons. The summed E-state index contributed by atoms with van der Waals surface area (Å²) >= 11 is 0. The Hall–Kier alpha value is -0.790. The van der Waals surface area contributed by atoms with Crippen molar-refractivity contribution in [3.8, 4) is 0 Å². The fourth-order valence-electron chi connectivity index (χ4n) is 6.43. The van der Waals surface area contributed by atoms with Crippen LogP contribution in [-0.4, -0.2) is 4.98 Å². The van der Waals surface area contributed by atoms with E-state index in [0.29, 0.717) is 12.0 Å². The number of nitrogens with zero attached hydrogens (tertiary/aromatic N) is 1. The number of imidazole rings is 1. The van der Waals surface area contributed by atoms with Crippen LogP contribution in [0.4, 0.5) is 0 Å². The molecule has 0 aliphatic heterocycles. The fourth-order valence-corrected chi connectivity index (χ4v) is 6.43. The van der Waals surface area contributed by atoms with Crippen LogP contribution in [0, 0.1) is 0 Å². The third-order valence-corrected chi connectivity index (χ3v) is 9.14. The lowest BCUT2D eigenvalue weighted by molar-refractivity contribution is -0.727. The van der Waals surface area contributed by atoms with Crippen LogP contribution in [0.3, 0.4) is 0 Å². The van der Waals surface area contributed by atoms with Crippen molar-refractivity contribution in [2.24, 2.45) is 0 Å². The van der Waals surface area contributed by atoms with Gasteiger partial charge in [0.05, 0.1) is 12.0 Å². The molecule has 1 aromatic heterocycles. The van der Waals surface area contributed by atoms with E-state index in [-0.39, 0.29) is 0 Å². The molecule has 0 fully saturated rings. The largest absolute Gasteiger partial charge is 0.257 e. The second-order valence-electron chi connectivity index (χ2n) is 12.9. The second kappa shape index (κ2) is 27.4. The molecule has 39 heavy (non-hydrogen) atoms. The van der Waals surface area contributed by atoms with Crippen LogP contribution in [0.2, 0.25) is 0 Å². The quantitative estimate of drug-likeness (QED) is 0.0732. The van der Waals surface area contributed by atoms with Crippen molar-refractivity contribution in [3.05, 3.63) is 18.2 Å². The monoisotopic (exact) mass is 546 g/mol. The zero-order chi connectivity index (χ0) is 28.2. The van der Waals surface area contributed by atoms with Gasteiger partial charge in [-0.05, 0) is 32.6 Å². The normalized spacial score (nSPS) is 13.2. The number of unbranched alkanes of at least 4 members (excludes halogenated alkanes) is 22. The highest BCUT2D eigenvalue weighted by atomic mass is 15.1. The molecule has 0 saturated carbocycles. The van der Waals surface area contributed by atoms with Gasteiger partial charge in [-0.3, -0.25) is 0 Å². The molecule has 0 aliphatic carbocycles. The van der Waals surface area contributed by atoms with E-state index >= 15 is 0 Å². The van der Waals surface area contributed by atoms with Crippen molar-refractivity contribution in [1.29, 1.82) is 0 Å². The number of hydrogen-bond acceptors (Lipinski definition) is 0. The third kappa shape index (κ3) is 19.8. The van der Waals surface area contributed by atoms with E-state index in [2.05, 4.69) is 49.6 Å². The lowest BCUT2D eigenvalue weighted by Crippen LogP contribution is -2.41. The summed E-state index contributed by atoms with van der Waals surface area (Å²) in [5.74, 6) is 2.24. The molecule has 0 spiro atoms. The van der Waals surface area contributed by atoms with Crippen molar-refractivity contribution >= 4 is 0 Å². The first-order valence-corrected chi connectivity index (χ1v) is 18.3. The number of aromatic amines is 1. The van der Waals surface area contributed by atoms with Gasteiger partial charge in [-0.2, -0.15) is 0 Å². The Morgan fingerprint density at radius 3 is 1.23 bits per heavy atom. The van der Waals surface area contributed by atoms with Gasteiger partial charge < -0.3 is 0 Å². The van der Waals surface area contributed by atoms with Crippen molar-refractivity contribution in [2.75, 3.05) is 0 Å². The molecule has 1 N–H and O–H groups in total. The lowest BCUT2D eigenvalue weighted by Gasteiger charge is -2.17. The van der Waals surface area contributed by atoms with Gasteiger partial charge in [0.15, 0.2) is 0 Å². The standard InChI is InChI=1S/C37H72N2/c1-5-8-11-14-16-18-19-20-21-22-24-26-29-32-36(31-28-25-23-17-15-12-9-6-2)37-38-33-34-39(37)35(4)30-27-13-10-7-3/h33-36H,5-32H2,1-4H3/p+1. The van der Waals surface area contributed by atoms with Gasteiger partial charge in [0, 0.05) is 0 Å². The van der Waals surface area contributed by atoms with Crippen LogP contribution in [-0.2, 0) is 0 Å². The number of H-pyrrole nitrogens is 1. The predicted octanol–water partition coefficient (Wildman–Crippen LogP) is 12.9. The molecule has 2 atom stereocenters. The van der Waals surface area contributed by atoms with Crippen LogP contribution < -0.4 is 4.57 Å². The maximum absolute atomic E-state index is 3.72. The summed E-state index contributed by atoms with van der Waals surface area (Å²) in [6, 6.07) is 0.621. The first-order valence-electron chi connectivity index (χ1n) is 18.3. The van der Waals surface area contributed by atoms with Gasteiger partial charge in [-0.15, -0.1) is 0 Å². The molecule has 2 heteroatoms. The molecule has 0 radical (unpaired) electrons. The zero-order valence-corrected chi connectivity index (χ0v) is 27.6. The van der Waals surface area contributed by atoms with Crippen molar-refractivity contribution in [2.45, 2.75) is 219 Å². The van der Waals surface area contributed by atoms with Gasteiger partial charge in [0.2, 0.25) is 0 Å². The molecule has 0 bridgehead atoms. The van der Waals surface area contributed by atoms with E-state index in [1.54, 1.807) is 0 Å². The van der Waals surface area contributed by atoms with E-state index in [4.69, 9.17) is 0 Å². The van der Waals surface area contributed by atoms with Gasteiger partial charge >= 0.3 is 0 Å². The van der Waals surface area contributed by atoms with Crippen molar-refractivity contribution < 1.29 is 4.57 Å². The fraction of sp³-hybridized carbons (Fsp3) is 0.919. The summed E-state index contributed by atoms with van der Waals surface area (Å²) in [6.07, 6.45) is 44.2. The molecule has 1 aromatic rings. The van der Waals surface area contributed by atoms with Gasteiger partial charge in [0.1, 0.15) is 12.4 Å². The Bertz CT molecular complexity index is 606. The van der Waals surface area contributed by atoms with E-state index in [1.807, 2.05) is 0 Å². The smallest absolute Gasteiger partial charge is 0.247 e. The molecular formula is C37H73N2+. The van der Waals surface area contributed by atoms with E-state index in [9.17, 15) is 0 Å². The highest BCUT2D eigenvalue weighted by Gasteiger charge is 2.25. The molecule has 0 aliphatic rings. The Morgan fingerprint density at radius 1 is 0.487 bits per heavy atom. The topological polar surface area (TPSA) is 19.7 Å². The number of aromatic nitrogens is 2. The predicted molar refractivity (Wildman–Crippen MR) is 175 cm³/mol. The summed E-state index contributed by atoms with van der Waals surface area (Å²) in [7, 11) is 0. The van der Waals surface area contributed by atoms with Crippen LogP contribution in [0.25, 0.3) is 0 Å². The van der Waals surface area contributed by atoms with Crippen molar-refractivity contribution in [1.82, 2.24) is 4.98 Å². The average molecular weight is 546 g/mol. The average Bonchev–Trinajstić information content (AvgIpc) is 3.44. The number of hydrogen-bond donors (Lipinski definition) is 1. The lowest BCUT2D eigenvalue weighted by atomic mass is 9.92. The molecule has 0 saturated heterocycles. The molecule has 0 aromatic carbocycles. The van der Waals surface area contributed by atoms with E-state index in [0.717, 1.165) is 0 Å². The maximum atomic E-state index is 3.72. The molecule has 1 rings (SSSR count). The maximum Gasteiger partial charge on any atom is 0.257 e. The first kappa shape index (κ1) is 36.2. The summed E-state index contributed by atoms with van der Waals surface area (Å²) in [5, 5.41) is 0. The Kier molecular flexibility index (Phi) is 25.4. The molecular weight excluding hydrogens is 472 g/mol. The minimum Gasteiger partial charge on any atom is -0.247 e. The summed E-state index contributed by atoms with van der Waals surface area (Å²) in [5.41, 5.74) is 0. The Balaban J connectivity index is 2.38. The van der Waals surface area contributed by atoms with E-state index < -0.39 is 0 Å². The van der Waals surface area contributed by atoms with Crippen LogP contribution in [0.1, 0.15) is 225 Å². The van der Waals surface area contributed by atoms with E-state index in [1.165, 1.54) is 186 Å². The molecule has 1 heterocycles. The van der Waals surface area contributed by atoms with Crippen LogP contribution >= 0.6 is 0 Å². The number of nitrogens with one attached hydrogen (secondary N) is 1. The first-order chi connectivity index (χ1) is 19.2. The summed E-state index contributed by atoms with van der Waals surface area (Å²) in [6.45, 7) is 9.39. The van der Waals surface area contributed by atoms with Crippen LogP contribution in [0.15, 0.2) is 12.4 Å². The van der Waals surface area contributed by atoms with Gasteiger partial charge in [-0.25, -0.2) is 9.55 Å². The highest BCUT2D eigenvalue weighted by Crippen LogP contribution is 2.27. The zero-order valence-electron chi connectivity index (χ0n) is 27.6. The minimum atomic E-state index is 0.621. The Morgan fingerprint density at radius 2 is 0.821 bits per heavy atom. The van der Waals surface area contributed by atoms with Crippen LogP contribution in [0.5, 0.6) is 0 Å². The molecule has 2 nitrogen and oxygen atoms in total. The molecule has 2 unspecified atom stereocenters. The minimum absolute atomic E-state index is 0.621. The van der Waals surface area contributed by atoms with Gasteiger partial charge in [-0.1, -0.05) is 175 Å². The second-order valence-corrected chi connectivity index (χ2v) is 12.9. The highest BCUT2D eigenvalue weighted by molar-refractivity contribution is 4.90. The third-order valence-electron chi connectivity index (χ3n) is 9.14. The van der Waals surface area contributed by atoms with Crippen molar-refractivity contribution in [3.63, 3.8) is 0 Å². The molecule has 0 amide bonds. The SMILES string of the molecule is CCCCCCCCCCCCCCCC(CCCCCCCCCC)c1[nH]cc[n+]1C(C)CCCCCC. The summed E-state index contributed by atoms with van der Waals surface area (Å²) in [4.78, 5) is 3.72. The Labute approximate surface area is 246 Å². The van der Waals surface area contributed by atoms with Gasteiger partial charge in [0.25, 0.3) is 5.82 Å².